The first-order chi connectivity index (χ1) is 9.70. The van der Waals surface area contributed by atoms with E-state index in [1.807, 2.05) is 24.3 Å². The minimum absolute atomic E-state index is 0.181. The normalized spacial score (nSPS) is 29.9. The molecular weight excluding hydrogens is 254 g/mol. The molecule has 1 aliphatic heterocycles. The quantitative estimate of drug-likeness (QED) is 0.671. The highest BCUT2D eigenvalue weighted by Crippen LogP contribution is 2.38. The number of aliphatic hydroxyl groups excluding tert-OH is 1. The van der Waals surface area contributed by atoms with Crippen LogP contribution in [0.2, 0.25) is 0 Å². The Morgan fingerprint density at radius 1 is 1.30 bits per heavy atom. The molecule has 20 heavy (non-hydrogen) atoms. The van der Waals surface area contributed by atoms with Gasteiger partial charge in [0.2, 0.25) is 5.78 Å². The highest BCUT2D eigenvalue weighted by molar-refractivity contribution is 6.27. The van der Waals surface area contributed by atoms with E-state index in [9.17, 15) is 14.7 Å². The van der Waals surface area contributed by atoms with E-state index in [1.165, 1.54) is 0 Å². The fourth-order valence-electron chi connectivity index (χ4n) is 3.57. The van der Waals surface area contributed by atoms with Gasteiger partial charge in [-0.2, -0.15) is 0 Å². The van der Waals surface area contributed by atoms with Gasteiger partial charge in [-0.1, -0.05) is 24.3 Å². The van der Waals surface area contributed by atoms with E-state index in [4.69, 9.17) is 0 Å². The molecule has 1 saturated carbocycles. The summed E-state index contributed by atoms with van der Waals surface area (Å²) in [5, 5.41) is 9.86. The van der Waals surface area contributed by atoms with Crippen LogP contribution >= 0.6 is 0 Å². The van der Waals surface area contributed by atoms with Gasteiger partial charge in [0.25, 0.3) is 0 Å². The molecule has 106 valence electrons. The molecule has 0 spiro atoms. The van der Waals surface area contributed by atoms with Gasteiger partial charge in [0, 0.05) is 12.6 Å². The fraction of sp³-hybridized carbons (Fsp3) is 0.500. The zero-order chi connectivity index (χ0) is 14.1. The lowest BCUT2D eigenvalue weighted by molar-refractivity contribution is -0.134. The average Bonchev–Trinajstić information content (AvgIpc) is 2.86. The Hall–Kier alpha value is -1.52. The van der Waals surface area contributed by atoms with E-state index >= 15 is 0 Å². The van der Waals surface area contributed by atoms with Gasteiger partial charge >= 0.3 is 0 Å². The maximum atomic E-state index is 12.0. The van der Waals surface area contributed by atoms with Crippen LogP contribution in [0.4, 0.5) is 0 Å². The Labute approximate surface area is 118 Å². The third-order valence-electron chi connectivity index (χ3n) is 4.51. The largest absolute Gasteiger partial charge is 0.393 e. The molecule has 1 aromatic carbocycles. The smallest absolute Gasteiger partial charge is 0.216 e. The Morgan fingerprint density at radius 3 is 2.85 bits per heavy atom. The van der Waals surface area contributed by atoms with Crippen LogP contribution in [0, 0.1) is 0 Å². The summed E-state index contributed by atoms with van der Waals surface area (Å²) < 4.78 is 0. The number of carbonyl (C=O) groups is 2. The lowest BCUT2D eigenvalue weighted by Gasteiger charge is -2.36. The summed E-state index contributed by atoms with van der Waals surface area (Å²) in [6, 6.07) is 7.53. The summed E-state index contributed by atoms with van der Waals surface area (Å²) >= 11 is 0. The molecule has 4 heteroatoms. The van der Waals surface area contributed by atoms with Crippen LogP contribution in [0.1, 0.15) is 42.9 Å². The monoisotopic (exact) mass is 273 g/mol. The van der Waals surface area contributed by atoms with Crippen molar-refractivity contribution < 1.29 is 14.7 Å². The molecule has 0 saturated heterocycles. The van der Waals surface area contributed by atoms with E-state index in [2.05, 4.69) is 4.90 Å². The standard InChI is InChI=1S/C16H19NO3/c18-10-15(20)16-14-7-2-1-4-11(14)9-17(16)12-5-3-6-13(19)8-12/h1-2,4,7,10,12-13,16,19H,3,5-6,8-9H2/t12?,13-,16?/m1/s1. The third-order valence-corrected chi connectivity index (χ3v) is 4.51. The maximum Gasteiger partial charge on any atom is 0.216 e. The fourth-order valence-corrected chi connectivity index (χ4v) is 3.57. The molecule has 2 aliphatic rings. The van der Waals surface area contributed by atoms with E-state index < -0.39 is 6.04 Å². The van der Waals surface area contributed by atoms with E-state index in [0.29, 0.717) is 19.3 Å². The van der Waals surface area contributed by atoms with Gasteiger partial charge in [-0.15, -0.1) is 0 Å². The Bertz CT molecular complexity index is 528. The van der Waals surface area contributed by atoms with E-state index in [-0.39, 0.29) is 17.9 Å². The molecule has 0 bridgehead atoms. The summed E-state index contributed by atoms with van der Waals surface area (Å²) in [6.07, 6.45) is 3.62. The SMILES string of the molecule is O=CC(=O)C1c2ccccc2CN1C1CCC[C@@H](O)C1. The second kappa shape index (κ2) is 5.46. The Balaban J connectivity index is 1.91. The molecule has 3 atom stereocenters. The number of aliphatic hydroxyl groups is 1. The van der Waals surface area contributed by atoms with Gasteiger partial charge in [0.15, 0.2) is 6.29 Å². The molecule has 1 aliphatic carbocycles. The summed E-state index contributed by atoms with van der Waals surface area (Å²) in [5.41, 5.74) is 2.07. The van der Waals surface area contributed by atoms with Gasteiger partial charge in [-0.3, -0.25) is 14.5 Å². The number of nitrogens with zero attached hydrogens (tertiary/aromatic N) is 1. The van der Waals surface area contributed by atoms with Crippen LogP contribution in [-0.2, 0) is 16.1 Å². The molecule has 0 radical (unpaired) electrons. The van der Waals surface area contributed by atoms with Crippen molar-refractivity contribution in [2.45, 2.75) is 50.4 Å². The number of Topliss-reactive ketones (excluding diaryl/α,β-unsaturated/α-hetero) is 1. The van der Waals surface area contributed by atoms with E-state index in [0.717, 1.165) is 30.4 Å². The molecule has 2 unspecified atom stereocenters. The van der Waals surface area contributed by atoms with E-state index in [1.54, 1.807) is 0 Å². The van der Waals surface area contributed by atoms with Crippen LogP contribution in [0.15, 0.2) is 24.3 Å². The van der Waals surface area contributed by atoms with Crippen LogP contribution in [-0.4, -0.2) is 34.2 Å². The number of ketones is 1. The Kier molecular flexibility index (Phi) is 3.68. The Morgan fingerprint density at radius 2 is 2.10 bits per heavy atom. The molecule has 1 aromatic rings. The number of hydrogen-bond acceptors (Lipinski definition) is 4. The van der Waals surface area contributed by atoms with Crippen molar-refractivity contribution >= 4 is 12.1 Å². The van der Waals surface area contributed by atoms with Crippen LogP contribution in [0.3, 0.4) is 0 Å². The van der Waals surface area contributed by atoms with Gasteiger partial charge in [-0.25, -0.2) is 0 Å². The zero-order valence-electron chi connectivity index (χ0n) is 11.4. The number of aldehydes is 1. The molecular formula is C16H19NO3. The highest BCUT2D eigenvalue weighted by atomic mass is 16.3. The molecule has 3 rings (SSSR count). The summed E-state index contributed by atoms with van der Waals surface area (Å²) in [5.74, 6) is -0.380. The van der Waals surface area contributed by atoms with Crippen LogP contribution in [0.5, 0.6) is 0 Å². The average molecular weight is 273 g/mol. The highest BCUT2D eigenvalue weighted by Gasteiger charge is 2.40. The molecule has 0 amide bonds. The summed E-state index contributed by atoms with van der Waals surface area (Å²) in [6.45, 7) is 0.692. The predicted octanol–water partition coefficient (Wildman–Crippen LogP) is 1.61. The molecule has 1 heterocycles. The van der Waals surface area contributed by atoms with Crippen molar-refractivity contribution in [1.82, 2.24) is 4.90 Å². The number of benzene rings is 1. The third kappa shape index (κ3) is 2.30. The van der Waals surface area contributed by atoms with Crippen molar-refractivity contribution in [3.63, 3.8) is 0 Å². The second-order valence-corrected chi connectivity index (χ2v) is 5.77. The minimum atomic E-state index is -0.459. The van der Waals surface area contributed by atoms with Gasteiger partial charge in [-0.05, 0) is 36.8 Å². The lowest BCUT2D eigenvalue weighted by Crippen LogP contribution is -2.41. The molecule has 1 fully saturated rings. The minimum Gasteiger partial charge on any atom is -0.393 e. The number of hydrogen-bond donors (Lipinski definition) is 1. The predicted molar refractivity (Wildman–Crippen MR) is 74.1 cm³/mol. The van der Waals surface area contributed by atoms with Crippen LogP contribution < -0.4 is 0 Å². The first kappa shape index (κ1) is 13.5. The molecule has 4 nitrogen and oxygen atoms in total. The number of rotatable bonds is 3. The summed E-state index contributed by atoms with van der Waals surface area (Å²) in [7, 11) is 0. The number of fused-ring (bicyclic) bond motifs is 1. The first-order valence-corrected chi connectivity index (χ1v) is 7.21. The summed E-state index contributed by atoms with van der Waals surface area (Å²) in [4.78, 5) is 25.1. The van der Waals surface area contributed by atoms with Crippen molar-refractivity contribution in [1.29, 1.82) is 0 Å². The van der Waals surface area contributed by atoms with Crippen molar-refractivity contribution in [2.75, 3.05) is 0 Å². The van der Waals surface area contributed by atoms with Crippen molar-refractivity contribution in [2.24, 2.45) is 0 Å². The molecule has 1 N–H and O–H groups in total. The van der Waals surface area contributed by atoms with Gasteiger partial charge in [0.05, 0.1) is 6.10 Å². The second-order valence-electron chi connectivity index (χ2n) is 5.77. The first-order valence-electron chi connectivity index (χ1n) is 7.21. The zero-order valence-corrected chi connectivity index (χ0v) is 11.4. The van der Waals surface area contributed by atoms with Crippen molar-refractivity contribution in [3.8, 4) is 0 Å². The van der Waals surface area contributed by atoms with Crippen LogP contribution in [0.25, 0.3) is 0 Å². The van der Waals surface area contributed by atoms with Crippen molar-refractivity contribution in [3.05, 3.63) is 35.4 Å². The topological polar surface area (TPSA) is 57.6 Å². The van der Waals surface area contributed by atoms with Gasteiger partial charge < -0.3 is 5.11 Å². The lowest BCUT2D eigenvalue weighted by atomic mass is 9.90. The van der Waals surface area contributed by atoms with Gasteiger partial charge in [0.1, 0.15) is 6.04 Å². The molecule has 0 aromatic heterocycles. The maximum absolute atomic E-state index is 12.0. The number of carbonyl (C=O) groups excluding carboxylic acids is 2.